The molecule has 1 aliphatic rings. The van der Waals surface area contributed by atoms with E-state index in [1.807, 2.05) is 24.8 Å². The van der Waals surface area contributed by atoms with E-state index in [0.29, 0.717) is 35.7 Å². The van der Waals surface area contributed by atoms with E-state index in [4.69, 9.17) is 4.74 Å². The highest BCUT2D eigenvalue weighted by Crippen LogP contribution is 2.25. The van der Waals surface area contributed by atoms with Crippen LogP contribution >= 0.6 is 15.9 Å². The number of hydrogen-bond donors (Lipinski definition) is 1. The van der Waals surface area contributed by atoms with Crippen molar-refractivity contribution in [2.75, 3.05) is 38.5 Å². The van der Waals surface area contributed by atoms with Crippen LogP contribution in [0.2, 0.25) is 0 Å². The molecule has 0 aromatic heterocycles. The van der Waals surface area contributed by atoms with Gasteiger partial charge in [-0.05, 0) is 57.3 Å². The number of nitrogens with one attached hydrogen (secondary N) is 1. The maximum Gasteiger partial charge on any atom is 0.259 e. The first kappa shape index (κ1) is 21.3. The molecule has 0 aliphatic carbocycles. The zero-order chi connectivity index (χ0) is 21.0. The third-order valence-corrected chi connectivity index (χ3v) is 5.20. The number of rotatable bonds is 5. The van der Waals surface area contributed by atoms with Gasteiger partial charge in [0, 0.05) is 41.9 Å². The van der Waals surface area contributed by atoms with E-state index < -0.39 is 0 Å². The lowest BCUT2D eigenvalue weighted by Crippen LogP contribution is -2.47. The molecule has 0 atom stereocenters. The van der Waals surface area contributed by atoms with E-state index in [1.54, 1.807) is 36.4 Å². The van der Waals surface area contributed by atoms with Gasteiger partial charge in [0.25, 0.3) is 11.8 Å². The summed E-state index contributed by atoms with van der Waals surface area (Å²) in [4.78, 5) is 29.7. The number of amides is 2. The van der Waals surface area contributed by atoms with E-state index >= 15 is 0 Å². The van der Waals surface area contributed by atoms with E-state index in [0.717, 1.165) is 17.6 Å². The lowest BCUT2D eigenvalue weighted by Gasteiger charge is -2.32. The molecule has 2 aromatic carbocycles. The zero-order valence-corrected chi connectivity index (χ0v) is 18.5. The lowest BCUT2D eigenvalue weighted by molar-refractivity contribution is 0.0664. The molecule has 0 spiro atoms. The molecular weight excluding hydrogens is 434 g/mol. The average molecular weight is 460 g/mol. The van der Waals surface area contributed by atoms with Gasteiger partial charge in [-0.3, -0.25) is 9.59 Å². The van der Waals surface area contributed by atoms with Crippen molar-refractivity contribution in [2.24, 2.45) is 0 Å². The topological polar surface area (TPSA) is 61.9 Å². The third-order valence-electron chi connectivity index (χ3n) is 4.71. The van der Waals surface area contributed by atoms with Crippen molar-refractivity contribution in [3.05, 3.63) is 58.1 Å². The molecule has 7 heteroatoms. The predicted octanol–water partition coefficient (Wildman–Crippen LogP) is 3.88. The Morgan fingerprint density at radius 3 is 2.48 bits per heavy atom. The number of carbonyl (C=O) groups excluding carboxylic acids is 2. The molecule has 0 saturated carbocycles. The second kappa shape index (κ2) is 9.41. The fourth-order valence-corrected chi connectivity index (χ4v) is 3.52. The Balaban J connectivity index is 1.76. The van der Waals surface area contributed by atoms with Crippen molar-refractivity contribution < 1.29 is 14.3 Å². The van der Waals surface area contributed by atoms with Crippen LogP contribution in [0.5, 0.6) is 5.75 Å². The largest absolute Gasteiger partial charge is 0.490 e. The maximum absolute atomic E-state index is 12.9. The van der Waals surface area contributed by atoms with Gasteiger partial charge in [-0.15, -0.1) is 0 Å². The number of likely N-dealkylation sites (N-methyl/N-ethyl adjacent to an activating group) is 1. The molecule has 0 unspecified atom stereocenters. The molecule has 29 heavy (non-hydrogen) atoms. The number of benzene rings is 2. The van der Waals surface area contributed by atoms with Crippen LogP contribution in [0.25, 0.3) is 0 Å². The van der Waals surface area contributed by atoms with Crippen LogP contribution in [0.1, 0.15) is 34.6 Å². The smallest absolute Gasteiger partial charge is 0.259 e. The highest BCUT2D eigenvalue weighted by atomic mass is 79.9. The molecular formula is C22H26BrN3O3. The van der Waals surface area contributed by atoms with Gasteiger partial charge in [0.05, 0.1) is 11.7 Å². The van der Waals surface area contributed by atoms with Gasteiger partial charge in [-0.2, -0.15) is 0 Å². The first-order valence-electron chi connectivity index (χ1n) is 9.69. The second-order valence-electron chi connectivity index (χ2n) is 7.44. The van der Waals surface area contributed by atoms with Crippen LogP contribution in [0.15, 0.2) is 46.9 Å². The summed E-state index contributed by atoms with van der Waals surface area (Å²) >= 11 is 3.41. The number of nitrogens with zero attached hydrogens (tertiary/aromatic N) is 2. The molecule has 1 fully saturated rings. The van der Waals surface area contributed by atoms with Crippen LogP contribution in [-0.4, -0.2) is 60.9 Å². The number of anilines is 1. The molecule has 1 N–H and O–H groups in total. The highest BCUT2D eigenvalue weighted by molar-refractivity contribution is 9.10. The van der Waals surface area contributed by atoms with E-state index in [9.17, 15) is 9.59 Å². The summed E-state index contributed by atoms with van der Waals surface area (Å²) in [6.45, 7) is 6.97. The first-order chi connectivity index (χ1) is 13.8. The summed E-state index contributed by atoms with van der Waals surface area (Å²) in [6, 6.07) is 12.4. The molecule has 3 rings (SSSR count). The Labute approximate surface area is 180 Å². The Hall–Kier alpha value is -2.38. The van der Waals surface area contributed by atoms with Crippen LogP contribution in [0, 0.1) is 0 Å². The Morgan fingerprint density at radius 1 is 1.07 bits per heavy atom. The zero-order valence-electron chi connectivity index (χ0n) is 16.9. The SMILES string of the molecule is CC(C)Oc1ccc(Br)cc1C(=O)Nc1cccc(C(=O)N2CCN(C)CC2)c1. The van der Waals surface area contributed by atoms with Gasteiger partial charge in [-0.25, -0.2) is 0 Å². The summed E-state index contributed by atoms with van der Waals surface area (Å²) in [5.74, 6) is 0.219. The number of piperazine rings is 1. The summed E-state index contributed by atoms with van der Waals surface area (Å²) in [6.07, 6.45) is -0.0488. The Kier molecular flexibility index (Phi) is 6.92. The van der Waals surface area contributed by atoms with E-state index in [2.05, 4.69) is 33.2 Å². The highest BCUT2D eigenvalue weighted by Gasteiger charge is 2.21. The molecule has 1 heterocycles. The van der Waals surface area contributed by atoms with Gasteiger partial charge in [0.1, 0.15) is 5.75 Å². The summed E-state index contributed by atoms with van der Waals surface area (Å²) < 4.78 is 6.55. The lowest BCUT2D eigenvalue weighted by atomic mass is 10.1. The molecule has 1 aliphatic heterocycles. The van der Waals surface area contributed by atoms with Gasteiger partial charge in [0.2, 0.25) is 0 Å². The molecule has 1 saturated heterocycles. The van der Waals surface area contributed by atoms with Crippen LogP contribution < -0.4 is 10.1 Å². The molecule has 0 bridgehead atoms. The molecule has 6 nitrogen and oxygen atoms in total. The van der Waals surface area contributed by atoms with Crippen LogP contribution in [-0.2, 0) is 0 Å². The quantitative estimate of drug-likeness (QED) is 0.736. The number of hydrogen-bond acceptors (Lipinski definition) is 4. The van der Waals surface area contributed by atoms with E-state index in [-0.39, 0.29) is 17.9 Å². The van der Waals surface area contributed by atoms with Crippen molar-refractivity contribution in [3.8, 4) is 5.75 Å². The van der Waals surface area contributed by atoms with Crippen molar-refractivity contribution in [3.63, 3.8) is 0 Å². The predicted molar refractivity (Wildman–Crippen MR) is 118 cm³/mol. The fourth-order valence-electron chi connectivity index (χ4n) is 3.16. The van der Waals surface area contributed by atoms with Gasteiger partial charge in [0.15, 0.2) is 0 Å². The number of halogens is 1. The minimum absolute atomic E-state index is 0.0134. The number of ether oxygens (including phenoxy) is 1. The monoisotopic (exact) mass is 459 g/mol. The van der Waals surface area contributed by atoms with Crippen LogP contribution in [0.3, 0.4) is 0 Å². The third kappa shape index (κ3) is 5.58. The summed E-state index contributed by atoms with van der Waals surface area (Å²) in [5.41, 5.74) is 1.58. The minimum Gasteiger partial charge on any atom is -0.490 e. The molecule has 0 radical (unpaired) electrons. The van der Waals surface area contributed by atoms with Crippen molar-refractivity contribution in [1.82, 2.24) is 9.80 Å². The van der Waals surface area contributed by atoms with Gasteiger partial charge >= 0.3 is 0 Å². The summed E-state index contributed by atoms with van der Waals surface area (Å²) in [7, 11) is 2.05. The normalized spacial score (nSPS) is 14.7. The van der Waals surface area contributed by atoms with Crippen molar-refractivity contribution in [1.29, 1.82) is 0 Å². The summed E-state index contributed by atoms with van der Waals surface area (Å²) in [5, 5.41) is 2.89. The fraction of sp³-hybridized carbons (Fsp3) is 0.364. The van der Waals surface area contributed by atoms with E-state index in [1.165, 1.54) is 0 Å². The van der Waals surface area contributed by atoms with Gasteiger partial charge < -0.3 is 19.9 Å². The first-order valence-corrected chi connectivity index (χ1v) is 10.5. The average Bonchev–Trinajstić information content (AvgIpc) is 2.69. The minimum atomic E-state index is -0.286. The van der Waals surface area contributed by atoms with Gasteiger partial charge in [-0.1, -0.05) is 22.0 Å². The van der Waals surface area contributed by atoms with Crippen molar-refractivity contribution in [2.45, 2.75) is 20.0 Å². The number of carbonyl (C=O) groups is 2. The standard InChI is InChI=1S/C22H26BrN3O3/c1-15(2)29-20-8-7-17(23)14-19(20)21(27)24-18-6-4-5-16(13-18)22(28)26-11-9-25(3)10-12-26/h4-8,13-15H,9-12H2,1-3H3,(H,24,27). The Bertz CT molecular complexity index is 893. The molecule has 2 amide bonds. The van der Waals surface area contributed by atoms with Crippen molar-refractivity contribution >= 4 is 33.4 Å². The molecule has 154 valence electrons. The molecule has 2 aromatic rings. The Morgan fingerprint density at radius 2 is 1.79 bits per heavy atom. The van der Waals surface area contributed by atoms with Crippen LogP contribution in [0.4, 0.5) is 5.69 Å². The second-order valence-corrected chi connectivity index (χ2v) is 8.35. The maximum atomic E-state index is 12.9.